The maximum atomic E-state index is 12.6. The number of carbonyl (C=O) groups is 1. The third-order valence-corrected chi connectivity index (χ3v) is 7.08. The summed E-state index contributed by atoms with van der Waals surface area (Å²) in [7, 11) is 4.20. The van der Waals surface area contributed by atoms with E-state index in [4.69, 9.17) is 0 Å². The number of piperidine rings is 1. The van der Waals surface area contributed by atoms with Crippen molar-refractivity contribution in [3.63, 3.8) is 0 Å². The lowest BCUT2D eigenvalue weighted by atomic mass is 9.60. The molecule has 1 amide bonds. The molecule has 0 N–H and O–H groups in total. The summed E-state index contributed by atoms with van der Waals surface area (Å²) < 4.78 is 1.92. The van der Waals surface area contributed by atoms with E-state index in [2.05, 4.69) is 29.5 Å². The summed E-state index contributed by atoms with van der Waals surface area (Å²) in [5.74, 6) is 0.188. The minimum absolute atomic E-state index is 0.188. The summed E-state index contributed by atoms with van der Waals surface area (Å²) in [6.45, 7) is 2.88. The molecular formula is C20H27N3OS. The Kier molecular flexibility index (Phi) is 4.46. The standard InChI is InChI=1S/C20H27N3OS/c1-21-9-3-6-18(21)19(24)23-10-7-20(8-11-23)13-16(14-20)22(2)15-17-5-4-12-25-17/h3-6,9,12,16H,7-8,10-11,13-15H2,1-2H3. The number of aryl methyl sites for hydroxylation is 1. The van der Waals surface area contributed by atoms with Gasteiger partial charge in [-0.3, -0.25) is 9.69 Å². The molecule has 25 heavy (non-hydrogen) atoms. The van der Waals surface area contributed by atoms with Crippen molar-refractivity contribution in [3.05, 3.63) is 46.4 Å². The Morgan fingerprint density at radius 3 is 2.64 bits per heavy atom. The Labute approximate surface area is 154 Å². The Bertz CT molecular complexity index is 720. The van der Waals surface area contributed by atoms with Gasteiger partial charge < -0.3 is 9.47 Å². The van der Waals surface area contributed by atoms with Crippen molar-refractivity contribution in [1.82, 2.24) is 14.4 Å². The molecule has 1 spiro atoms. The van der Waals surface area contributed by atoms with E-state index in [0.717, 1.165) is 38.2 Å². The van der Waals surface area contributed by atoms with Crippen LogP contribution in [0.1, 0.15) is 41.0 Å². The van der Waals surface area contributed by atoms with Crippen LogP contribution in [0.15, 0.2) is 35.8 Å². The minimum Gasteiger partial charge on any atom is -0.347 e. The molecule has 0 bridgehead atoms. The topological polar surface area (TPSA) is 28.5 Å². The van der Waals surface area contributed by atoms with Crippen molar-refractivity contribution in [3.8, 4) is 0 Å². The smallest absolute Gasteiger partial charge is 0.270 e. The number of nitrogens with zero attached hydrogens (tertiary/aromatic N) is 3. The molecule has 2 aromatic heterocycles. The molecular weight excluding hydrogens is 330 g/mol. The first-order chi connectivity index (χ1) is 12.1. The Balaban J connectivity index is 1.28. The van der Waals surface area contributed by atoms with Crippen molar-refractivity contribution in [2.24, 2.45) is 12.5 Å². The van der Waals surface area contributed by atoms with Gasteiger partial charge in [0.15, 0.2) is 0 Å². The van der Waals surface area contributed by atoms with Gasteiger partial charge in [0.2, 0.25) is 0 Å². The van der Waals surface area contributed by atoms with Crippen LogP contribution in [0.4, 0.5) is 0 Å². The third-order valence-electron chi connectivity index (χ3n) is 6.22. The first kappa shape index (κ1) is 16.9. The van der Waals surface area contributed by atoms with Crippen molar-refractivity contribution in [2.45, 2.75) is 38.3 Å². The molecule has 4 nitrogen and oxygen atoms in total. The molecule has 2 aliphatic rings. The first-order valence-electron chi connectivity index (χ1n) is 9.20. The van der Waals surface area contributed by atoms with Gasteiger partial charge in [0.1, 0.15) is 5.69 Å². The normalized spacial score (nSPS) is 20.2. The number of thiophene rings is 1. The molecule has 0 atom stereocenters. The molecule has 2 aromatic rings. The van der Waals surface area contributed by atoms with Crippen LogP contribution in [0.3, 0.4) is 0 Å². The fraction of sp³-hybridized carbons (Fsp3) is 0.550. The lowest BCUT2D eigenvalue weighted by Crippen LogP contribution is -2.54. The van der Waals surface area contributed by atoms with Gasteiger partial charge in [0.25, 0.3) is 5.91 Å². The van der Waals surface area contributed by atoms with Gasteiger partial charge in [-0.15, -0.1) is 11.3 Å². The summed E-state index contributed by atoms with van der Waals surface area (Å²) in [6.07, 6.45) is 6.85. The molecule has 0 unspecified atom stereocenters. The van der Waals surface area contributed by atoms with Gasteiger partial charge in [-0.05, 0) is 61.7 Å². The minimum atomic E-state index is 0.188. The highest BCUT2D eigenvalue weighted by Crippen LogP contribution is 2.51. The summed E-state index contributed by atoms with van der Waals surface area (Å²) in [5.41, 5.74) is 1.29. The van der Waals surface area contributed by atoms with E-state index in [0.29, 0.717) is 11.5 Å². The molecule has 4 rings (SSSR count). The largest absolute Gasteiger partial charge is 0.347 e. The third kappa shape index (κ3) is 3.27. The quantitative estimate of drug-likeness (QED) is 0.836. The van der Waals surface area contributed by atoms with Crippen LogP contribution in [-0.2, 0) is 13.6 Å². The van der Waals surface area contributed by atoms with Crippen LogP contribution in [0.5, 0.6) is 0 Å². The molecule has 0 radical (unpaired) electrons. The van der Waals surface area contributed by atoms with Crippen molar-refractivity contribution < 1.29 is 4.79 Å². The predicted octanol–water partition coefficient (Wildman–Crippen LogP) is 3.60. The van der Waals surface area contributed by atoms with Gasteiger partial charge in [-0.25, -0.2) is 0 Å². The average Bonchev–Trinajstić information content (AvgIpc) is 3.23. The van der Waals surface area contributed by atoms with Crippen LogP contribution in [0, 0.1) is 5.41 Å². The van der Waals surface area contributed by atoms with Crippen molar-refractivity contribution in [2.75, 3.05) is 20.1 Å². The second kappa shape index (κ2) is 6.61. The molecule has 1 aliphatic carbocycles. The SMILES string of the molecule is CN(Cc1cccs1)C1CC2(CCN(C(=O)c3cccn3C)CC2)C1. The van der Waals surface area contributed by atoms with Gasteiger partial charge >= 0.3 is 0 Å². The lowest BCUT2D eigenvalue weighted by molar-refractivity contribution is -0.0327. The van der Waals surface area contributed by atoms with Gasteiger partial charge in [-0.2, -0.15) is 0 Å². The molecule has 1 aliphatic heterocycles. The number of likely N-dealkylation sites (tertiary alicyclic amines) is 1. The lowest BCUT2D eigenvalue weighted by Gasteiger charge is -2.54. The van der Waals surface area contributed by atoms with Gasteiger partial charge in [0.05, 0.1) is 0 Å². The maximum absolute atomic E-state index is 12.6. The molecule has 2 fully saturated rings. The highest BCUT2D eigenvalue weighted by Gasteiger charge is 2.47. The molecule has 0 aromatic carbocycles. The number of hydrogen-bond acceptors (Lipinski definition) is 3. The number of carbonyl (C=O) groups excluding carboxylic acids is 1. The van der Waals surface area contributed by atoms with Gasteiger partial charge in [-0.1, -0.05) is 6.07 Å². The van der Waals surface area contributed by atoms with Crippen LogP contribution in [0.25, 0.3) is 0 Å². The zero-order chi connectivity index (χ0) is 17.4. The summed E-state index contributed by atoms with van der Waals surface area (Å²) in [4.78, 5) is 18.7. The molecule has 5 heteroatoms. The summed E-state index contributed by atoms with van der Waals surface area (Å²) in [5, 5.41) is 2.16. The number of aromatic nitrogens is 1. The second-order valence-electron chi connectivity index (χ2n) is 7.85. The van der Waals surface area contributed by atoms with Gasteiger partial charge in [0, 0.05) is 43.8 Å². The Hall–Kier alpha value is -1.59. The van der Waals surface area contributed by atoms with E-state index in [9.17, 15) is 4.79 Å². The Morgan fingerprint density at radius 2 is 2.04 bits per heavy atom. The molecule has 134 valence electrons. The zero-order valence-electron chi connectivity index (χ0n) is 15.1. The highest BCUT2D eigenvalue weighted by atomic mass is 32.1. The highest BCUT2D eigenvalue weighted by molar-refractivity contribution is 7.09. The average molecular weight is 358 g/mol. The van der Waals surface area contributed by atoms with E-state index in [1.807, 2.05) is 46.2 Å². The second-order valence-corrected chi connectivity index (χ2v) is 8.89. The molecule has 3 heterocycles. The van der Waals surface area contributed by atoms with E-state index in [-0.39, 0.29) is 5.91 Å². The van der Waals surface area contributed by atoms with E-state index < -0.39 is 0 Å². The molecule has 1 saturated carbocycles. The van der Waals surface area contributed by atoms with E-state index in [1.54, 1.807) is 0 Å². The monoisotopic (exact) mass is 357 g/mol. The number of rotatable bonds is 4. The fourth-order valence-corrected chi connectivity index (χ4v) is 5.23. The number of hydrogen-bond donors (Lipinski definition) is 0. The fourth-order valence-electron chi connectivity index (χ4n) is 4.47. The van der Waals surface area contributed by atoms with Crippen LogP contribution in [0.2, 0.25) is 0 Å². The maximum Gasteiger partial charge on any atom is 0.270 e. The van der Waals surface area contributed by atoms with Crippen molar-refractivity contribution in [1.29, 1.82) is 0 Å². The zero-order valence-corrected chi connectivity index (χ0v) is 16.0. The van der Waals surface area contributed by atoms with Crippen LogP contribution in [-0.4, -0.2) is 46.5 Å². The van der Waals surface area contributed by atoms with E-state index in [1.165, 1.54) is 17.7 Å². The summed E-state index contributed by atoms with van der Waals surface area (Å²) >= 11 is 1.85. The summed E-state index contributed by atoms with van der Waals surface area (Å²) in [6, 6.07) is 8.93. The Morgan fingerprint density at radius 1 is 1.28 bits per heavy atom. The van der Waals surface area contributed by atoms with Crippen LogP contribution >= 0.6 is 11.3 Å². The first-order valence-corrected chi connectivity index (χ1v) is 10.1. The molecule has 1 saturated heterocycles. The van der Waals surface area contributed by atoms with Crippen molar-refractivity contribution >= 4 is 17.2 Å². The van der Waals surface area contributed by atoms with Crippen LogP contribution < -0.4 is 0 Å². The number of amides is 1. The predicted molar refractivity (Wildman–Crippen MR) is 102 cm³/mol. The van der Waals surface area contributed by atoms with E-state index >= 15 is 0 Å².